The summed E-state index contributed by atoms with van der Waals surface area (Å²) >= 11 is 7.53. The summed E-state index contributed by atoms with van der Waals surface area (Å²) in [5.74, 6) is -2.15. The number of anilines is 1. The van der Waals surface area contributed by atoms with Gasteiger partial charge >= 0.3 is 12.1 Å². The Labute approximate surface area is 220 Å². The maximum absolute atomic E-state index is 13.0. The highest BCUT2D eigenvalue weighted by atomic mass is 35.5. The van der Waals surface area contributed by atoms with Crippen molar-refractivity contribution in [3.63, 3.8) is 0 Å². The lowest BCUT2D eigenvalue weighted by Crippen LogP contribution is -2.59. The first-order valence-corrected chi connectivity index (χ1v) is 12.3. The van der Waals surface area contributed by atoms with E-state index in [0.29, 0.717) is 18.9 Å². The Hall–Kier alpha value is -3.22. The topological polar surface area (TPSA) is 113 Å². The van der Waals surface area contributed by atoms with Crippen molar-refractivity contribution in [2.45, 2.75) is 38.7 Å². The maximum atomic E-state index is 13.0. The number of nitrogen functional groups attached to an aromatic ring is 1. The van der Waals surface area contributed by atoms with Crippen molar-refractivity contribution in [2.24, 2.45) is 0 Å². The van der Waals surface area contributed by atoms with E-state index >= 15 is 0 Å². The van der Waals surface area contributed by atoms with Crippen LogP contribution in [0.2, 0.25) is 4.34 Å². The first-order chi connectivity index (χ1) is 17.4. The molecule has 0 unspecified atom stereocenters. The van der Waals surface area contributed by atoms with Crippen LogP contribution in [0.4, 0.5) is 19.0 Å². The van der Waals surface area contributed by atoms with Crippen LogP contribution in [-0.2, 0) is 16.1 Å². The summed E-state index contributed by atoms with van der Waals surface area (Å²) in [6.45, 7) is 6.12. The van der Waals surface area contributed by atoms with Crippen molar-refractivity contribution < 1.29 is 27.9 Å². The van der Waals surface area contributed by atoms with Crippen molar-refractivity contribution in [1.82, 2.24) is 19.8 Å². The number of thiophene rings is 1. The number of aromatic nitrogens is 2. The molecule has 1 saturated heterocycles. The Morgan fingerprint density at radius 1 is 1.27 bits per heavy atom. The third-order valence-electron chi connectivity index (χ3n) is 5.76. The SMILES string of the molecule is C[C@@H]1CN(Cc2ccc3c(N)ncnc3c2)C(=O)[C@H](C)N1CC=Cc1ccc(Cl)s1.O=C(O)C(F)(F)F. The molecule has 0 bridgehead atoms. The Balaban J connectivity index is 0.000000479. The number of carbonyl (C=O) groups is 2. The van der Waals surface area contributed by atoms with E-state index in [4.69, 9.17) is 27.2 Å². The van der Waals surface area contributed by atoms with E-state index in [-0.39, 0.29) is 18.0 Å². The molecule has 3 heterocycles. The number of hydrogen-bond acceptors (Lipinski definition) is 7. The maximum Gasteiger partial charge on any atom is 0.490 e. The van der Waals surface area contributed by atoms with E-state index in [1.54, 1.807) is 11.3 Å². The van der Waals surface area contributed by atoms with E-state index in [1.165, 1.54) is 6.33 Å². The normalized spacial score (nSPS) is 18.8. The fourth-order valence-electron chi connectivity index (χ4n) is 3.93. The van der Waals surface area contributed by atoms with Gasteiger partial charge < -0.3 is 15.7 Å². The van der Waals surface area contributed by atoms with Crippen molar-refractivity contribution in [1.29, 1.82) is 0 Å². The summed E-state index contributed by atoms with van der Waals surface area (Å²) in [6, 6.07) is 9.88. The van der Waals surface area contributed by atoms with E-state index in [0.717, 1.165) is 32.2 Å². The number of nitrogens with two attached hydrogens (primary N) is 1. The summed E-state index contributed by atoms with van der Waals surface area (Å²) in [6.07, 6.45) is 0.550. The van der Waals surface area contributed by atoms with E-state index in [9.17, 15) is 18.0 Å². The van der Waals surface area contributed by atoms with Crippen molar-refractivity contribution in [2.75, 3.05) is 18.8 Å². The number of piperazine rings is 1. The van der Waals surface area contributed by atoms with E-state index in [1.807, 2.05) is 42.2 Å². The number of alkyl halides is 3. The highest BCUT2D eigenvalue weighted by molar-refractivity contribution is 7.16. The largest absolute Gasteiger partial charge is 0.490 e. The second kappa shape index (κ2) is 11.9. The molecule has 3 aromatic rings. The number of carboxylic acids is 1. The van der Waals surface area contributed by atoms with Gasteiger partial charge in [-0.3, -0.25) is 9.69 Å². The van der Waals surface area contributed by atoms with Gasteiger partial charge in [0.2, 0.25) is 5.91 Å². The van der Waals surface area contributed by atoms with Crippen LogP contribution in [0.25, 0.3) is 17.0 Å². The van der Waals surface area contributed by atoms with Crippen LogP contribution in [0.15, 0.2) is 42.7 Å². The first kappa shape index (κ1) is 28.4. The van der Waals surface area contributed by atoms with Gasteiger partial charge in [0.05, 0.1) is 15.9 Å². The van der Waals surface area contributed by atoms with Crippen molar-refractivity contribution in [3.05, 3.63) is 57.5 Å². The monoisotopic (exact) mass is 555 g/mol. The number of halogens is 4. The van der Waals surface area contributed by atoms with Crippen LogP contribution in [0.1, 0.15) is 24.3 Å². The molecule has 2 atom stereocenters. The molecule has 1 amide bonds. The molecule has 0 spiro atoms. The number of rotatable bonds is 5. The van der Waals surface area contributed by atoms with Crippen molar-refractivity contribution in [3.8, 4) is 0 Å². The zero-order chi connectivity index (χ0) is 27.3. The van der Waals surface area contributed by atoms with Crippen LogP contribution in [0.5, 0.6) is 0 Å². The molecule has 4 rings (SSSR count). The molecule has 37 heavy (non-hydrogen) atoms. The lowest BCUT2D eigenvalue weighted by molar-refractivity contribution is -0.192. The molecular formula is C24H25ClF3N5O3S. The highest BCUT2D eigenvalue weighted by Crippen LogP contribution is 2.24. The van der Waals surface area contributed by atoms with Crippen molar-refractivity contribution >= 4 is 57.6 Å². The summed E-state index contributed by atoms with van der Waals surface area (Å²) in [4.78, 5) is 35.5. The molecule has 8 nitrogen and oxygen atoms in total. The molecule has 198 valence electrons. The third kappa shape index (κ3) is 7.40. The Morgan fingerprint density at radius 2 is 1.97 bits per heavy atom. The lowest BCUT2D eigenvalue weighted by atomic mass is 10.1. The quantitative estimate of drug-likeness (QED) is 0.469. The highest BCUT2D eigenvalue weighted by Gasteiger charge is 2.38. The number of nitrogens with zero attached hydrogens (tertiary/aromatic N) is 4. The van der Waals surface area contributed by atoms with Crippen LogP contribution < -0.4 is 5.73 Å². The van der Waals surface area contributed by atoms with Gasteiger partial charge in [0.15, 0.2) is 0 Å². The number of benzene rings is 1. The third-order valence-corrected chi connectivity index (χ3v) is 6.95. The predicted octanol–water partition coefficient (Wildman–Crippen LogP) is 4.69. The van der Waals surface area contributed by atoms with Gasteiger partial charge in [-0.05, 0) is 49.8 Å². The van der Waals surface area contributed by atoms with E-state index in [2.05, 4.69) is 33.9 Å². The van der Waals surface area contributed by atoms with Gasteiger partial charge in [-0.25, -0.2) is 14.8 Å². The fraction of sp³-hybridized carbons (Fsp3) is 0.333. The van der Waals surface area contributed by atoms with Gasteiger partial charge in [-0.2, -0.15) is 13.2 Å². The van der Waals surface area contributed by atoms with E-state index < -0.39 is 12.1 Å². The minimum atomic E-state index is -5.08. The van der Waals surface area contributed by atoms with Gasteiger partial charge in [-0.1, -0.05) is 23.7 Å². The summed E-state index contributed by atoms with van der Waals surface area (Å²) in [5, 5.41) is 7.96. The van der Waals surface area contributed by atoms with Gasteiger partial charge in [0.1, 0.15) is 12.1 Å². The average Bonchev–Trinajstić information content (AvgIpc) is 3.24. The van der Waals surface area contributed by atoms with Crippen LogP contribution in [-0.4, -0.2) is 68.1 Å². The number of fused-ring (bicyclic) bond motifs is 1. The molecule has 3 N–H and O–H groups in total. The summed E-state index contributed by atoms with van der Waals surface area (Å²) in [7, 11) is 0. The minimum Gasteiger partial charge on any atom is -0.475 e. The van der Waals surface area contributed by atoms with Gasteiger partial charge in [-0.15, -0.1) is 11.3 Å². The molecule has 1 aliphatic heterocycles. The number of hydrogen-bond donors (Lipinski definition) is 2. The Bertz CT molecular complexity index is 1300. The average molecular weight is 556 g/mol. The lowest BCUT2D eigenvalue weighted by Gasteiger charge is -2.43. The summed E-state index contributed by atoms with van der Waals surface area (Å²) < 4.78 is 32.5. The van der Waals surface area contributed by atoms with Gasteiger partial charge in [0.25, 0.3) is 0 Å². The molecule has 2 aromatic heterocycles. The van der Waals surface area contributed by atoms with Crippen LogP contribution >= 0.6 is 22.9 Å². The Morgan fingerprint density at radius 3 is 2.59 bits per heavy atom. The molecule has 13 heteroatoms. The van der Waals surface area contributed by atoms with Gasteiger partial charge in [0, 0.05) is 35.9 Å². The number of carbonyl (C=O) groups excluding carboxylic acids is 1. The molecule has 1 aliphatic rings. The Kier molecular flexibility index (Phi) is 9.11. The molecule has 0 saturated carbocycles. The number of amides is 1. The predicted molar refractivity (Wildman–Crippen MR) is 137 cm³/mol. The minimum absolute atomic E-state index is 0.142. The smallest absolute Gasteiger partial charge is 0.475 e. The standard InChI is InChI=1S/C22H24ClN5OS.C2HF3O2/c1-14-11-27(12-16-5-7-18-19(10-16)25-13-26-21(18)24)22(29)15(2)28(14)9-3-4-17-6-8-20(23)30-17;3-2(4,5)1(6)7/h3-8,10,13-15H,9,11-12H2,1-2H3,(H2,24,25,26);(H,6,7)/t14-,15+;/m1./s1. The summed E-state index contributed by atoms with van der Waals surface area (Å²) in [5.41, 5.74) is 7.75. The second-order valence-electron chi connectivity index (χ2n) is 8.40. The second-order valence-corrected chi connectivity index (χ2v) is 10.1. The first-order valence-electron chi connectivity index (χ1n) is 11.1. The van der Waals surface area contributed by atoms with Crippen LogP contribution in [0, 0.1) is 0 Å². The zero-order valence-electron chi connectivity index (χ0n) is 19.9. The zero-order valence-corrected chi connectivity index (χ0v) is 21.5. The molecule has 0 aliphatic carbocycles. The number of carboxylic acid groups (broad SMARTS) is 1. The number of aliphatic carboxylic acids is 1. The molecule has 1 fully saturated rings. The fourth-order valence-corrected chi connectivity index (χ4v) is 4.92. The van der Waals surface area contributed by atoms with Crippen LogP contribution in [0.3, 0.4) is 0 Å². The molecular weight excluding hydrogens is 531 g/mol. The molecule has 1 aromatic carbocycles. The molecule has 0 radical (unpaired) electrons.